The van der Waals surface area contributed by atoms with Gasteiger partial charge in [0.1, 0.15) is 0 Å². The van der Waals surface area contributed by atoms with E-state index >= 15 is 0 Å². The van der Waals surface area contributed by atoms with Gasteiger partial charge in [0, 0.05) is 19.0 Å². The van der Waals surface area contributed by atoms with Crippen LogP contribution in [0.3, 0.4) is 0 Å². The van der Waals surface area contributed by atoms with Crippen LogP contribution in [0.1, 0.15) is 33.1 Å². The minimum Gasteiger partial charge on any atom is -0.315 e. The quantitative estimate of drug-likeness (QED) is 0.699. The Morgan fingerprint density at radius 3 is 2.80 bits per heavy atom. The summed E-state index contributed by atoms with van der Waals surface area (Å²) in [5.41, 5.74) is 3.35. The second kappa shape index (κ2) is 4.49. The highest BCUT2D eigenvalue weighted by atomic mass is 16.2. The molecule has 1 amide bonds. The van der Waals surface area contributed by atoms with Crippen molar-refractivity contribution < 1.29 is 4.79 Å². The van der Waals surface area contributed by atoms with Gasteiger partial charge in [-0.1, -0.05) is 13.8 Å². The zero-order valence-corrected chi connectivity index (χ0v) is 9.62. The summed E-state index contributed by atoms with van der Waals surface area (Å²) in [7, 11) is 0. The van der Waals surface area contributed by atoms with Gasteiger partial charge >= 0.3 is 0 Å². The number of hydrogen-bond donors (Lipinski definition) is 2. The number of hydrogen-bond acceptors (Lipinski definition) is 3. The summed E-state index contributed by atoms with van der Waals surface area (Å²) >= 11 is 0. The minimum absolute atomic E-state index is 0.266. The molecule has 2 atom stereocenters. The average Bonchev–Trinajstić information content (AvgIpc) is 2.62. The van der Waals surface area contributed by atoms with Crippen LogP contribution >= 0.6 is 0 Å². The van der Waals surface area contributed by atoms with E-state index in [0.29, 0.717) is 24.4 Å². The Hall–Kier alpha value is -0.610. The van der Waals surface area contributed by atoms with Gasteiger partial charge in [-0.2, -0.15) is 0 Å². The first-order valence-corrected chi connectivity index (χ1v) is 5.97. The molecule has 15 heavy (non-hydrogen) atoms. The highest BCUT2D eigenvalue weighted by Crippen LogP contribution is 2.19. The third-order valence-corrected chi connectivity index (χ3v) is 3.41. The van der Waals surface area contributed by atoms with E-state index in [1.807, 2.05) is 5.01 Å². The van der Waals surface area contributed by atoms with Crippen molar-refractivity contribution in [2.45, 2.75) is 45.2 Å². The van der Waals surface area contributed by atoms with Gasteiger partial charge < -0.3 is 5.32 Å². The molecular formula is C11H21N3O. The van der Waals surface area contributed by atoms with Crippen LogP contribution in [-0.2, 0) is 4.79 Å². The summed E-state index contributed by atoms with van der Waals surface area (Å²) in [6.45, 7) is 6.34. The van der Waals surface area contributed by atoms with E-state index in [9.17, 15) is 4.79 Å². The maximum absolute atomic E-state index is 11.8. The topological polar surface area (TPSA) is 44.4 Å². The Balaban J connectivity index is 1.95. The van der Waals surface area contributed by atoms with Crippen molar-refractivity contribution in [1.29, 1.82) is 0 Å². The Kier molecular flexibility index (Phi) is 3.26. The van der Waals surface area contributed by atoms with E-state index in [1.165, 1.54) is 6.42 Å². The van der Waals surface area contributed by atoms with Crippen molar-refractivity contribution in [3.8, 4) is 0 Å². The van der Waals surface area contributed by atoms with E-state index in [4.69, 9.17) is 0 Å². The number of hydrazine groups is 1. The van der Waals surface area contributed by atoms with Crippen LogP contribution < -0.4 is 10.7 Å². The molecule has 86 valence electrons. The molecule has 0 aliphatic carbocycles. The molecule has 0 bridgehead atoms. The predicted molar refractivity (Wildman–Crippen MR) is 59.1 cm³/mol. The smallest absolute Gasteiger partial charge is 0.238 e. The molecule has 2 unspecified atom stereocenters. The molecule has 2 fully saturated rings. The van der Waals surface area contributed by atoms with Gasteiger partial charge in [0.05, 0.1) is 6.04 Å². The minimum atomic E-state index is 0.266. The van der Waals surface area contributed by atoms with Gasteiger partial charge in [-0.15, -0.1) is 0 Å². The van der Waals surface area contributed by atoms with Crippen LogP contribution in [-0.4, -0.2) is 36.1 Å². The molecule has 0 aromatic rings. The van der Waals surface area contributed by atoms with Crippen LogP contribution in [0.25, 0.3) is 0 Å². The van der Waals surface area contributed by atoms with E-state index in [0.717, 1.165) is 19.5 Å². The van der Waals surface area contributed by atoms with Crippen LogP contribution in [0.2, 0.25) is 0 Å². The zero-order chi connectivity index (χ0) is 10.8. The molecule has 2 N–H and O–H groups in total. The Morgan fingerprint density at radius 2 is 2.27 bits per heavy atom. The third kappa shape index (κ3) is 2.32. The number of nitrogens with one attached hydrogen (secondary N) is 2. The maximum Gasteiger partial charge on any atom is 0.238 e. The van der Waals surface area contributed by atoms with Crippen LogP contribution in [0.5, 0.6) is 0 Å². The number of carbonyl (C=O) groups is 1. The molecule has 2 saturated heterocycles. The SMILES string of the molecule is CC(C)C1CC(=O)N(C2CCCNC2)N1. The second-order valence-corrected chi connectivity index (χ2v) is 4.95. The first-order chi connectivity index (χ1) is 7.18. The van der Waals surface area contributed by atoms with Gasteiger partial charge in [0.25, 0.3) is 0 Å². The second-order valence-electron chi connectivity index (χ2n) is 4.95. The maximum atomic E-state index is 11.8. The molecule has 0 spiro atoms. The molecule has 0 radical (unpaired) electrons. The van der Waals surface area contributed by atoms with E-state index in [2.05, 4.69) is 24.6 Å². The van der Waals surface area contributed by atoms with Crippen molar-refractivity contribution in [3.05, 3.63) is 0 Å². The average molecular weight is 211 g/mol. The van der Waals surface area contributed by atoms with Gasteiger partial charge in [-0.05, 0) is 25.3 Å². The lowest BCUT2D eigenvalue weighted by Gasteiger charge is -2.32. The molecule has 2 rings (SSSR count). The van der Waals surface area contributed by atoms with E-state index in [-0.39, 0.29) is 5.91 Å². The summed E-state index contributed by atoms with van der Waals surface area (Å²) in [6.07, 6.45) is 2.95. The molecule has 4 heteroatoms. The summed E-state index contributed by atoms with van der Waals surface area (Å²) < 4.78 is 0. The summed E-state index contributed by atoms with van der Waals surface area (Å²) in [6, 6.07) is 0.689. The summed E-state index contributed by atoms with van der Waals surface area (Å²) in [5, 5.41) is 5.21. The fourth-order valence-corrected chi connectivity index (χ4v) is 2.33. The summed E-state index contributed by atoms with van der Waals surface area (Å²) in [5.74, 6) is 0.790. The van der Waals surface area contributed by atoms with Gasteiger partial charge in [0.15, 0.2) is 0 Å². The zero-order valence-electron chi connectivity index (χ0n) is 9.62. The molecule has 2 heterocycles. The van der Waals surface area contributed by atoms with Crippen molar-refractivity contribution in [3.63, 3.8) is 0 Å². The number of amides is 1. The largest absolute Gasteiger partial charge is 0.315 e. The standard InChI is InChI=1S/C11H21N3O/c1-8(2)10-6-11(15)14(13-10)9-4-3-5-12-7-9/h8-10,12-13H,3-7H2,1-2H3. The van der Waals surface area contributed by atoms with Crippen LogP contribution in [0, 0.1) is 5.92 Å². The lowest BCUT2D eigenvalue weighted by Crippen LogP contribution is -2.52. The lowest BCUT2D eigenvalue weighted by molar-refractivity contribution is -0.132. The van der Waals surface area contributed by atoms with Gasteiger partial charge in [-0.3, -0.25) is 9.80 Å². The fourth-order valence-electron chi connectivity index (χ4n) is 2.33. The third-order valence-electron chi connectivity index (χ3n) is 3.41. The van der Waals surface area contributed by atoms with Crippen molar-refractivity contribution in [1.82, 2.24) is 15.8 Å². The number of carbonyl (C=O) groups excluding carboxylic acids is 1. The van der Waals surface area contributed by atoms with E-state index < -0.39 is 0 Å². The first kappa shape index (κ1) is 10.9. The molecular weight excluding hydrogens is 190 g/mol. The highest BCUT2D eigenvalue weighted by Gasteiger charge is 2.35. The van der Waals surface area contributed by atoms with Crippen LogP contribution in [0.4, 0.5) is 0 Å². The highest BCUT2D eigenvalue weighted by molar-refractivity contribution is 5.78. The number of piperidine rings is 1. The van der Waals surface area contributed by atoms with E-state index in [1.54, 1.807) is 0 Å². The monoisotopic (exact) mass is 211 g/mol. The molecule has 0 aromatic carbocycles. The lowest BCUT2D eigenvalue weighted by atomic mass is 10.0. The summed E-state index contributed by atoms with van der Waals surface area (Å²) in [4.78, 5) is 11.8. The first-order valence-electron chi connectivity index (χ1n) is 5.97. The van der Waals surface area contributed by atoms with Crippen LogP contribution in [0.15, 0.2) is 0 Å². The predicted octanol–water partition coefficient (Wildman–Crippen LogP) is 0.500. The number of nitrogens with zero attached hydrogens (tertiary/aromatic N) is 1. The molecule has 2 aliphatic heterocycles. The van der Waals surface area contributed by atoms with Crippen molar-refractivity contribution >= 4 is 5.91 Å². The normalized spacial score (nSPS) is 32.7. The molecule has 4 nitrogen and oxygen atoms in total. The fraction of sp³-hybridized carbons (Fsp3) is 0.909. The van der Waals surface area contributed by atoms with Crippen molar-refractivity contribution in [2.75, 3.05) is 13.1 Å². The van der Waals surface area contributed by atoms with Gasteiger partial charge in [0.2, 0.25) is 5.91 Å². The number of rotatable bonds is 2. The van der Waals surface area contributed by atoms with Crippen molar-refractivity contribution in [2.24, 2.45) is 5.92 Å². The molecule has 0 aromatic heterocycles. The Bertz CT molecular complexity index is 236. The molecule has 2 aliphatic rings. The Morgan fingerprint density at radius 1 is 1.47 bits per heavy atom. The Labute approximate surface area is 91.4 Å². The van der Waals surface area contributed by atoms with Gasteiger partial charge in [-0.25, -0.2) is 5.43 Å². The molecule has 0 saturated carbocycles.